The maximum atomic E-state index is 13.0. The second-order valence-corrected chi connectivity index (χ2v) is 7.71. The fraction of sp³-hybridized carbons (Fsp3) is 0.571. The van der Waals surface area contributed by atoms with Crippen molar-refractivity contribution in [1.29, 1.82) is 0 Å². The molecule has 0 aliphatic carbocycles. The molecule has 0 radical (unpaired) electrons. The molecule has 0 bridgehead atoms. The van der Waals surface area contributed by atoms with E-state index in [1.165, 1.54) is 6.07 Å². The van der Waals surface area contributed by atoms with E-state index in [0.29, 0.717) is 55.9 Å². The van der Waals surface area contributed by atoms with E-state index in [4.69, 9.17) is 9.26 Å². The predicted octanol–water partition coefficient (Wildman–Crippen LogP) is 4.41. The number of guanidine groups is 1. The molecular formula is C21H29F3IN5O2. The van der Waals surface area contributed by atoms with E-state index in [0.717, 1.165) is 18.6 Å². The number of hydrogen-bond donors (Lipinski definition) is 1. The Labute approximate surface area is 202 Å². The van der Waals surface area contributed by atoms with Crippen molar-refractivity contribution in [2.45, 2.75) is 44.9 Å². The summed E-state index contributed by atoms with van der Waals surface area (Å²) < 4.78 is 50.1. The van der Waals surface area contributed by atoms with Gasteiger partial charge in [-0.25, -0.2) is 0 Å². The topological polar surface area (TPSA) is 75.8 Å². The van der Waals surface area contributed by atoms with Crippen LogP contribution in [0.3, 0.4) is 0 Å². The van der Waals surface area contributed by atoms with Crippen molar-refractivity contribution in [3.63, 3.8) is 0 Å². The average Bonchev–Trinajstić information content (AvgIpc) is 3.23. The predicted molar refractivity (Wildman–Crippen MR) is 125 cm³/mol. The van der Waals surface area contributed by atoms with Gasteiger partial charge in [0.25, 0.3) is 0 Å². The van der Waals surface area contributed by atoms with Crippen molar-refractivity contribution in [2.75, 3.05) is 33.3 Å². The van der Waals surface area contributed by atoms with Crippen molar-refractivity contribution in [2.24, 2.45) is 4.99 Å². The maximum Gasteiger partial charge on any atom is 0.416 e. The van der Waals surface area contributed by atoms with Crippen molar-refractivity contribution in [3.8, 4) is 0 Å². The van der Waals surface area contributed by atoms with Gasteiger partial charge in [0.1, 0.15) is 6.10 Å². The van der Waals surface area contributed by atoms with Crippen LogP contribution in [-0.2, 0) is 17.3 Å². The zero-order valence-electron chi connectivity index (χ0n) is 18.4. The van der Waals surface area contributed by atoms with Gasteiger partial charge in [-0.3, -0.25) is 4.99 Å². The smallest absolute Gasteiger partial charge is 0.370 e. The van der Waals surface area contributed by atoms with Gasteiger partial charge in [-0.1, -0.05) is 31.1 Å². The molecule has 178 valence electrons. The Morgan fingerprint density at radius 1 is 1.34 bits per heavy atom. The Morgan fingerprint density at radius 3 is 2.78 bits per heavy atom. The monoisotopic (exact) mass is 567 g/mol. The Kier molecular flexibility index (Phi) is 9.74. The molecule has 0 spiro atoms. The van der Waals surface area contributed by atoms with Gasteiger partial charge in [-0.2, -0.15) is 18.2 Å². The summed E-state index contributed by atoms with van der Waals surface area (Å²) in [7, 11) is 1.68. The van der Waals surface area contributed by atoms with Crippen LogP contribution in [0.25, 0.3) is 0 Å². The number of aromatic nitrogens is 2. The number of ether oxygens (including phenoxy) is 1. The van der Waals surface area contributed by atoms with E-state index in [1.54, 1.807) is 13.1 Å². The number of hydrogen-bond acceptors (Lipinski definition) is 5. The van der Waals surface area contributed by atoms with Gasteiger partial charge < -0.3 is 19.5 Å². The molecule has 2 heterocycles. The molecule has 1 unspecified atom stereocenters. The number of nitrogens with one attached hydrogen (secondary N) is 1. The minimum Gasteiger partial charge on any atom is -0.370 e. The molecule has 1 aliphatic rings. The van der Waals surface area contributed by atoms with Crippen LogP contribution in [0.4, 0.5) is 13.2 Å². The first-order chi connectivity index (χ1) is 14.8. The standard InChI is InChI=1S/C21H28F3N5O2.HI/c1-14(2)19-27-18(31-28-19)8-5-9-26-20(25-3)29-10-11-30-17(13-29)15-6-4-7-16(12-15)21(22,23)24;/h4,6-7,12,14,17H,5,8-11,13H2,1-3H3,(H,25,26);1H. The van der Waals surface area contributed by atoms with Gasteiger partial charge in [-0.05, 0) is 24.1 Å². The highest BCUT2D eigenvalue weighted by molar-refractivity contribution is 14.0. The quantitative estimate of drug-likeness (QED) is 0.241. The van der Waals surface area contributed by atoms with Crippen LogP contribution in [0.15, 0.2) is 33.8 Å². The highest BCUT2D eigenvalue weighted by Crippen LogP contribution is 2.32. The van der Waals surface area contributed by atoms with Crippen LogP contribution in [0.5, 0.6) is 0 Å². The molecule has 1 N–H and O–H groups in total. The van der Waals surface area contributed by atoms with Crippen LogP contribution in [0.1, 0.15) is 55.1 Å². The lowest BCUT2D eigenvalue weighted by molar-refractivity contribution is -0.137. The molecule has 1 saturated heterocycles. The molecule has 3 rings (SSSR count). The fourth-order valence-electron chi connectivity index (χ4n) is 3.33. The Bertz CT molecular complexity index is 888. The van der Waals surface area contributed by atoms with Crippen LogP contribution < -0.4 is 5.32 Å². The summed E-state index contributed by atoms with van der Waals surface area (Å²) in [4.78, 5) is 10.7. The SMILES string of the molecule is CN=C(NCCCc1nc(C(C)C)no1)N1CCOC(c2cccc(C(F)(F)F)c2)C1.I. The van der Waals surface area contributed by atoms with Gasteiger partial charge >= 0.3 is 6.18 Å². The average molecular weight is 567 g/mol. The summed E-state index contributed by atoms with van der Waals surface area (Å²) in [5.41, 5.74) is -0.165. The largest absolute Gasteiger partial charge is 0.416 e. The zero-order valence-corrected chi connectivity index (χ0v) is 20.7. The summed E-state index contributed by atoms with van der Waals surface area (Å²) in [6.45, 7) is 6.10. The van der Waals surface area contributed by atoms with Gasteiger partial charge in [0.15, 0.2) is 11.8 Å². The van der Waals surface area contributed by atoms with E-state index >= 15 is 0 Å². The number of aryl methyl sites for hydroxylation is 1. The van der Waals surface area contributed by atoms with E-state index in [1.807, 2.05) is 18.7 Å². The molecule has 1 aromatic heterocycles. The summed E-state index contributed by atoms with van der Waals surface area (Å²) >= 11 is 0. The number of alkyl halides is 3. The van der Waals surface area contributed by atoms with Crippen LogP contribution in [0.2, 0.25) is 0 Å². The van der Waals surface area contributed by atoms with Crippen LogP contribution in [0, 0.1) is 0 Å². The molecule has 32 heavy (non-hydrogen) atoms. The second-order valence-electron chi connectivity index (χ2n) is 7.71. The molecule has 0 saturated carbocycles. The first kappa shape index (κ1) is 26.4. The number of halogens is 4. The summed E-state index contributed by atoms with van der Waals surface area (Å²) in [6, 6.07) is 5.30. The van der Waals surface area contributed by atoms with Crippen molar-refractivity contribution < 1.29 is 22.4 Å². The van der Waals surface area contributed by atoms with E-state index in [9.17, 15) is 13.2 Å². The number of nitrogens with zero attached hydrogens (tertiary/aromatic N) is 4. The summed E-state index contributed by atoms with van der Waals surface area (Å²) in [5.74, 6) is 2.22. The van der Waals surface area contributed by atoms with Crippen molar-refractivity contribution in [1.82, 2.24) is 20.4 Å². The minimum atomic E-state index is -4.38. The molecule has 1 aromatic carbocycles. The number of rotatable bonds is 6. The van der Waals surface area contributed by atoms with E-state index in [2.05, 4.69) is 20.4 Å². The zero-order chi connectivity index (χ0) is 22.4. The van der Waals surface area contributed by atoms with E-state index < -0.39 is 17.8 Å². The third kappa shape index (κ3) is 7.06. The Morgan fingerprint density at radius 2 is 2.12 bits per heavy atom. The van der Waals surface area contributed by atoms with Gasteiger partial charge in [-0.15, -0.1) is 24.0 Å². The minimum absolute atomic E-state index is 0. The Hall–Kier alpha value is -1.89. The maximum absolute atomic E-state index is 13.0. The first-order valence-corrected chi connectivity index (χ1v) is 10.3. The van der Waals surface area contributed by atoms with Gasteiger partial charge in [0.05, 0.1) is 18.7 Å². The lowest BCUT2D eigenvalue weighted by Gasteiger charge is -2.35. The van der Waals surface area contributed by atoms with Gasteiger partial charge in [0, 0.05) is 32.5 Å². The Balaban J connectivity index is 0.00000363. The van der Waals surface area contributed by atoms with Crippen LogP contribution >= 0.6 is 24.0 Å². The summed E-state index contributed by atoms with van der Waals surface area (Å²) in [6.07, 6.45) is -3.40. The van der Waals surface area contributed by atoms with Crippen molar-refractivity contribution >= 4 is 29.9 Å². The molecule has 0 amide bonds. The van der Waals surface area contributed by atoms with Crippen LogP contribution in [-0.4, -0.2) is 54.3 Å². The third-order valence-corrected chi connectivity index (χ3v) is 5.01. The second kappa shape index (κ2) is 11.8. The summed E-state index contributed by atoms with van der Waals surface area (Å²) in [5, 5.41) is 7.25. The van der Waals surface area contributed by atoms with E-state index in [-0.39, 0.29) is 29.9 Å². The first-order valence-electron chi connectivity index (χ1n) is 10.3. The molecule has 1 atom stereocenters. The van der Waals surface area contributed by atoms with Gasteiger partial charge in [0.2, 0.25) is 5.89 Å². The molecule has 1 aliphatic heterocycles. The molecule has 1 fully saturated rings. The molecular weight excluding hydrogens is 538 g/mol. The highest BCUT2D eigenvalue weighted by Gasteiger charge is 2.32. The molecule has 7 nitrogen and oxygen atoms in total. The third-order valence-electron chi connectivity index (χ3n) is 5.01. The fourth-order valence-corrected chi connectivity index (χ4v) is 3.33. The molecule has 2 aromatic rings. The molecule has 11 heteroatoms. The lowest BCUT2D eigenvalue weighted by Crippen LogP contribution is -2.48. The number of aliphatic imine (C=N–C) groups is 1. The normalized spacial score (nSPS) is 17.4. The number of benzene rings is 1. The lowest BCUT2D eigenvalue weighted by atomic mass is 10.0. The van der Waals surface area contributed by atoms with Crippen molar-refractivity contribution in [3.05, 3.63) is 47.1 Å². The number of morpholine rings is 1. The highest BCUT2D eigenvalue weighted by atomic mass is 127.